The first-order valence-electron chi connectivity index (χ1n) is 5.72. The quantitative estimate of drug-likeness (QED) is 0.562. The van der Waals surface area contributed by atoms with E-state index in [1.54, 1.807) is 19.5 Å². The van der Waals surface area contributed by atoms with E-state index in [2.05, 4.69) is 36.8 Å². The number of halogens is 2. The summed E-state index contributed by atoms with van der Waals surface area (Å²) in [5, 5.41) is 0. The zero-order chi connectivity index (χ0) is 13.0. The van der Waals surface area contributed by atoms with Crippen LogP contribution in [0.3, 0.4) is 0 Å². The summed E-state index contributed by atoms with van der Waals surface area (Å²) < 4.78 is 17.5. The summed E-state index contributed by atoms with van der Waals surface area (Å²) in [6.07, 6.45) is 4.51. The van der Waals surface area contributed by atoms with Crippen molar-refractivity contribution in [2.24, 2.45) is 0 Å². The van der Waals surface area contributed by atoms with Gasteiger partial charge in [0.05, 0.1) is 19.4 Å². The number of hydrogen-bond donors (Lipinski definition) is 0. The Morgan fingerprint density at radius 2 is 2.22 bits per heavy atom. The molecule has 0 spiro atoms. The summed E-state index contributed by atoms with van der Waals surface area (Å²) in [4.78, 5) is 4.42. The molecule has 1 aromatic heterocycles. The van der Waals surface area contributed by atoms with E-state index >= 15 is 0 Å². The Kier molecular flexibility index (Phi) is 5.41. The maximum atomic E-state index is 5.86. The van der Waals surface area contributed by atoms with Gasteiger partial charge in [-0.2, -0.15) is 0 Å². The molecule has 0 saturated heterocycles. The second-order valence-corrected chi connectivity index (χ2v) is 6.17. The number of hydrogen-bond acceptors (Lipinski definition) is 4. The van der Waals surface area contributed by atoms with E-state index in [0.29, 0.717) is 18.0 Å². The van der Waals surface area contributed by atoms with Crippen molar-refractivity contribution in [1.29, 1.82) is 0 Å². The summed E-state index contributed by atoms with van der Waals surface area (Å²) in [5.41, 5.74) is 0. The van der Waals surface area contributed by atoms with Crippen LogP contribution in [0.4, 0.5) is 0 Å². The molecule has 0 N–H and O–H groups in total. The van der Waals surface area contributed by atoms with E-state index in [1.807, 2.05) is 6.07 Å². The number of methoxy groups -OCH3 is 1. The Labute approximate surface area is 123 Å². The molecule has 3 atom stereocenters. The van der Waals surface area contributed by atoms with E-state index < -0.39 is 0 Å². The average molecular weight is 381 g/mol. The van der Waals surface area contributed by atoms with Crippen molar-refractivity contribution >= 4 is 31.9 Å². The molecule has 6 heteroatoms. The van der Waals surface area contributed by atoms with Crippen LogP contribution < -0.4 is 4.74 Å². The Balaban J connectivity index is 1.85. The van der Waals surface area contributed by atoms with Gasteiger partial charge in [0.15, 0.2) is 0 Å². The second kappa shape index (κ2) is 6.84. The molecule has 0 aliphatic heterocycles. The van der Waals surface area contributed by atoms with E-state index in [0.717, 1.165) is 16.6 Å². The van der Waals surface area contributed by atoms with E-state index in [9.17, 15) is 0 Å². The van der Waals surface area contributed by atoms with Crippen molar-refractivity contribution in [2.75, 3.05) is 20.3 Å². The molecular formula is C12H15Br2NO3. The highest BCUT2D eigenvalue weighted by atomic mass is 79.9. The Bertz CT molecular complexity index is 391. The number of aromatic nitrogens is 1. The van der Waals surface area contributed by atoms with Gasteiger partial charge in [-0.15, -0.1) is 0 Å². The van der Waals surface area contributed by atoms with Crippen LogP contribution in [0.2, 0.25) is 0 Å². The van der Waals surface area contributed by atoms with Gasteiger partial charge in [-0.05, 0) is 22.0 Å². The molecule has 1 saturated carbocycles. The lowest BCUT2D eigenvalue weighted by atomic mass is 9.91. The maximum absolute atomic E-state index is 5.86. The Morgan fingerprint density at radius 3 is 2.89 bits per heavy atom. The van der Waals surface area contributed by atoms with E-state index in [4.69, 9.17) is 14.2 Å². The monoisotopic (exact) mass is 379 g/mol. The van der Waals surface area contributed by atoms with Crippen LogP contribution in [-0.2, 0) is 9.47 Å². The van der Waals surface area contributed by atoms with Crippen molar-refractivity contribution in [3.8, 4) is 5.75 Å². The molecule has 1 aromatic rings. The highest BCUT2D eigenvalue weighted by Gasteiger charge is 2.42. The smallest absolute Gasteiger partial charge is 0.139 e. The molecule has 100 valence electrons. The van der Waals surface area contributed by atoms with E-state index in [-0.39, 0.29) is 12.2 Å². The first-order valence-corrected chi connectivity index (χ1v) is 7.43. The minimum absolute atomic E-state index is 0.0686. The fourth-order valence-electron chi connectivity index (χ4n) is 1.75. The lowest BCUT2D eigenvalue weighted by Gasteiger charge is -2.40. The lowest BCUT2D eigenvalue weighted by Crippen LogP contribution is -2.52. The molecule has 4 nitrogen and oxygen atoms in total. The molecule has 3 unspecified atom stereocenters. The highest BCUT2D eigenvalue weighted by Crippen LogP contribution is 2.34. The van der Waals surface area contributed by atoms with Gasteiger partial charge in [-0.25, -0.2) is 0 Å². The number of pyridine rings is 1. The van der Waals surface area contributed by atoms with Gasteiger partial charge < -0.3 is 14.2 Å². The predicted octanol–water partition coefficient (Wildman–Crippen LogP) is 2.79. The van der Waals surface area contributed by atoms with Gasteiger partial charge in [0, 0.05) is 29.0 Å². The topological polar surface area (TPSA) is 40.6 Å². The fourth-order valence-corrected chi connectivity index (χ4v) is 2.96. The summed E-state index contributed by atoms with van der Waals surface area (Å²) in [5.74, 6) is 0.758. The molecule has 0 aromatic carbocycles. The first kappa shape index (κ1) is 14.2. The van der Waals surface area contributed by atoms with Gasteiger partial charge in [-0.1, -0.05) is 15.9 Å². The van der Waals surface area contributed by atoms with Crippen LogP contribution in [0.5, 0.6) is 5.75 Å². The standard InChI is InChI=1S/C12H15Br2NO3/c1-16-2-3-17-12-10(14)5-11(12)18-9-4-8(13)6-15-7-9/h4,6-7,10-12H,2-3,5H2,1H3. The number of ether oxygens (including phenoxy) is 3. The van der Waals surface area contributed by atoms with Gasteiger partial charge in [0.2, 0.25) is 0 Å². The van der Waals surface area contributed by atoms with Crippen molar-refractivity contribution < 1.29 is 14.2 Å². The Hall–Kier alpha value is -0.170. The summed E-state index contributed by atoms with van der Waals surface area (Å²) in [6, 6.07) is 1.90. The van der Waals surface area contributed by atoms with Crippen LogP contribution in [0, 0.1) is 0 Å². The minimum atomic E-state index is 0.0686. The lowest BCUT2D eigenvalue weighted by molar-refractivity contribution is -0.0866. The van der Waals surface area contributed by atoms with Gasteiger partial charge in [0.1, 0.15) is 18.0 Å². The first-order chi connectivity index (χ1) is 8.70. The van der Waals surface area contributed by atoms with Crippen LogP contribution >= 0.6 is 31.9 Å². The Morgan fingerprint density at radius 1 is 1.39 bits per heavy atom. The zero-order valence-electron chi connectivity index (χ0n) is 10.0. The zero-order valence-corrected chi connectivity index (χ0v) is 13.2. The number of rotatable bonds is 6. The number of nitrogens with zero attached hydrogens (tertiary/aromatic N) is 1. The molecule has 1 fully saturated rings. The minimum Gasteiger partial charge on any atom is -0.486 e. The maximum Gasteiger partial charge on any atom is 0.139 e. The van der Waals surface area contributed by atoms with Crippen molar-refractivity contribution in [3.63, 3.8) is 0 Å². The second-order valence-electron chi connectivity index (χ2n) is 4.08. The van der Waals surface area contributed by atoms with Crippen LogP contribution in [0.25, 0.3) is 0 Å². The largest absolute Gasteiger partial charge is 0.486 e. The molecule has 0 radical (unpaired) electrons. The molecule has 1 aliphatic carbocycles. The molecule has 0 bridgehead atoms. The third-order valence-electron chi connectivity index (χ3n) is 2.75. The molecule has 2 rings (SSSR count). The molecular weight excluding hydrogens is 366 g/mol. The molecule has 1 heterocycles. The average Bonchev–Trinajstić information content (AvgIpc) is 2.34. The third kappa shape index (κ3) is 3.66. The molecule has 1 aliphatic rings. The predicted molar refractivity (Wildman–Crippen MR) is 75.3 cm³/mol. The molecule has 0 amide bonds. The van der Waals surface area contributed by atoms with Crippen LogP contribution in [-0.4, -0.2) is 42.3 Å². The SMILES string of the molecule is COCCOC1C(Br)CC1Oc1cncc(Br)c1. The van der Waals surface area contributed by atoms with Crippen molar-refractivity contribution in [2.45, 2.75) is 23.5 Å². The highest BCUT2D eigenvalue weighted by molar-refractivity contribution is 9.10. The van der Waals surface area contributed by atoms with Crippen LogP contribution in [0.1, 0.15) is 6.42 Å². The van der Waals surface area contributed by atoms with Crippen molar-refractivity contribution in [1.82, 2.24) is 4.98 Å². The van der Waals surface area contributed by atoms with E-state index in [1.165, 1.54) is 0 Å². The number of alkyl halides is 1. The third-order valence-corrected chi connectivity index (χ3v) is 4.07. The molecule has 18 heavy (non-hydrogen) atoms. The summed E-state index contributed by atoms with van der Waals surface area (Å²) in [7, 11) is 1.66. The summed E-state index contributed by atoms with van der Waals surface area (Å²) in [6.45, 7) is 1.18. The van der Waals surface area contributed by atoms with Gasteiger partial charge in [-0.3, -0.25) is 4.98 Å². The van der Waals surface area contributed by atoms with Crippen molar-refractivity contribution in [3.05, 3.63) is 22.9 Å². The normalized spacial score (nSPS) is 26.7. The summed E-state index contributed by atoms with van der Waals surface area (Å²) >= 11 is 6.95. The van der Waals surface area contributed by atoms with Crippen LogP contribution in [0.15, 0.2) is 22.9 Å². The van der Waals surface area contributed by atoms with Gasteiger partial charge in [0.25, 0.3) is 0 Å². The van der Waals surface area contributed by atoms with Gasteiger partial charge >= 0.3 is 0 Å². The fraction of sp³-hybridized carbons (Fsp3) is 0.583.